The lowest BCUT2D eigenvalue weighted by atomic mass is 10.1. The van der Waals surface area contributed by atoms with Gasteiger partial charge in [0.15, 0.2) is 5.96 Å². The van der Waals surface area contributed by atoms with Crippen molar-refractivity contribution in [3.05, 3.63) is 24.0 Å². The molecule has 0 aliphatic carbocycles. The van der Waals surface area contributed by atoms with Crippen LogP contribution in [0.1, 0.15) is 24.8 Å². The molecule has 0 atom stereocenters. The van der Waals surface area contributed by atoms with Crippen LogP contribution in [0.15, 0.2) is 23.5 Å². The largest absolute Gasteiger partial charge is 0.381 e. The minimum absolute atomic E-state index is 0. The Morgan fingerprint density at radius 1 is 1.39 bits per heavy atom. The number of hydrogen-bond donors (Lipinski definition) is 2. The molecule has 1 aromatic rings. The van der Waals surface area contributed by atoms with Crippen LogP contribution in [0.3, 0.4) is 0 Å². The highest BCUT2D eigenvalue weighted by molar-refractivity contribution is 14.0. The number of aryl methyl sites for hydroxylation is 1. The Balaban J connectivity index is 0.00000264. The molecule has 0 radical (unpaired) electrons. The third-order valence-corrected chi connectivity index (χ3v) is 3.71. The van der Waals surface area contributed by atoms with Gasteiger partial charge in [-0.15, -0.1) is 24.0 Å². The minimum atomic E-state index is 0. The van der Waals surface area contributed by atoms with Crippen LogP contribution in [-0.2, 0) is 23.1 Å². The second-order valence-electron chi connectivity index (χ2n) is 5.57. The van der Waals surface area contributed by atoms with E-state index >= 15 is 0 Å². The first kappa shape index (κ1) is 20.2. The third-order valence-electron chi connectivity index (χ3n) is 3.71. The predicted molar refractivity (Wildman–Crippen MR) is 103 cm³/mol. The van der Waals surface area contributed by atoms with Crippen LogP contribution in [0.4, 0.5) is 0 Å². The Labute approximate surface area is 156 Å². The summed E-state index contributed by atoms with van der Waals surface area (Å²) in [5, 5.41) is 6.62. The average molecular weight is 436 g/mol. The van der Waals surface area contributed by atoms with Gasteiger partial charge in [0, 0.05) is 59.4 Å². The molecule has 2 rings (SSSR count). The van der Waals surface area contributed by atoms with Gasteiger partial charge in [-0.3, -0.25) is 4.99 Å². The van der Waals surface area contributed by atoms with Crippen molar-refractivity contribution in [1.82, 2.24) is 15.2 Å². The summed E-state index contributed by atoms with van der Waals surface area (Å²) >= 11 is 0. The molecular formula is C16H29IN4O2. The molecule has 2 heterocycles. The average Bonchev–Trinajstić information content (AvgIpc) is 2.96. The molecule has 0 unspecified atom stereocenters. The topological polar surface area (TPSA) is 59.8 Å². The lowest BCUT2D eigenvalue weighted by molar-refractivity contribution is -0.0320. The normalized spacial score (nSPS) is 16.0. The van der Waals surface area contributed by atoms with Gasteiger partial charge in [0.05, 0.1) is 6.10 Å². The molecule has 7 heteroatoms. The summed E-state index contributed by atoms with van der Waals surface area (Å²) in [6.07, 6.45) is 7.54. The monoisotopic (exact) mass is 436 g/mol. The van der Waals surface area contributed by atoms with Crippen LogP contribution < -0.4 is 10.6 Å². The molecule has 0 saturated carbocycles. The summed E-state index contributed by atoms with van der Waals surface area (Å²) in [6.45, 7) is 4.09. The molecule has 1 aliphatic rings. The first-order valence-electron chi connectivity index (χ1n) is 8.02. The molecule has 23 heavy (non-hydrogen) atoms. The van der Waals surface area contributed by atoms with E-state index < -0.39 is 0 Å². The molecule has 6 nitrogen and oxygen atoms in total. The molecule has 1 saturated heterocycles. The summed E-state index contributed by atoms with van der Waals surface area (Å²) in [5.74, 6) is 0.829. The summed E-state index contributed by atoms with van der Waals surface area (Å²) in [5.41, 5.74) is 1.24. The molecule has 0 spiro atoms. The molecule has 1 fully saturated rings. The van der Waals surface area contributed by atoms with Crippen LogP contribution >= 0.6 is 24.0 Å². The Morgan fingerprint density at radius 3 is 2.83 bits per heavy atom. The van der Waals surface area contributed by atoms with E-state index in [9.17, 15) is 0 Å². The van der Waals surface area contributed by atoms with E-state index in [0.717, 1.165) is 58.1 Å². The highest BCUT2D eigenvalue weighted by Crippen LogP contribution is 2.10. The Kier molecular flexibility index (Phi) is 10.3. The zero-order valence-corrected chi connectivity index (χ0v) is 16.4. The van der Waals surface area contributed by atoms with Crippen LogP contribution in [0.5, 0.6) is 0 Å². The second-order valence-corrected chi connectivity index (χ2v) is 5.57. The van der Waals surface area contributed by atoms with Crippen LogP contribution in [0.2, 0.25) is 0 Å². The first-order chi connectivity index (χ1) is 10.8. The summed E-state index contributed by atoms with van der Waals surface area (Å²) < 4.78 is 13.2. The molecule has 0 amide bonds. The first-order valence-corrected chi connectivity index (χ1v) is 8.02. The fourth-order valence-electron chi connectivity index (χ4n) is 2.44. The van der Waals surface area contributed by atoms with E-state index in [4.69, 9.17) is 9.47 Å². The number of aromatic nitrogens is 1. The molecule has 132 valence electrons. The van der Waals surface area contributed by atoms with Gasteiger partial charge < -0.3 is 24.7 Å². The lowest BCUT2D eigenvalue weighted by Gasteiger charge is -2.22. The summed E-state index contributed by atoms with van der Waals surface area (Å²) in [4.78, 5) is 4.23. The standard InChI is InChI=1S/C16H28N4O2.HI/c1-17-16(19-12-14-4-8-20(2)13-14)18-7-3-9-22-15-5-10-21-11-6-15;/h4,8,13,15H,3,5-7,9-12H2,1-2H3,(H2,17,18,19);1H. The van der Waals surface area contributed by atoms with E-state index in [1.165, 1.54) is 5.56 Å². The summed E-state index contributed by atoms with van der Waals surface area (Å²) in [6, 6.07) is 2.10. The van der Waals surface area contributed by atoms with Crippen molar-refractivity contribution in [3.8, 4) is 0 Å². The zero-order chi connectivity index (χ0) is 15.6. The SMILES string of the molecule is CN=C(NCCCOC1CCOCC1)NCc1ccn(C)c1.I. The van der Waals surface area contributed by atoms with Gasteiger partial charge in [-0.25, -0.2) is 0 Å². The molecule has 0 bridgehead atoms. The number of hydrogen-bond acceptors (Lipinski definition) is 3. The van der Waals surface area contributed by atoms with Gasteiger partial charge in [-0.05, 0) is 30.9 Å². The molecule has 1 aliphatic heterocycles. The van der Waals surface area contributed by atoms with Gasteiger partial charge in [-0.1, -0.05) is 0 Å². The van der Waals surface area contributed by atoms with Crippen LogP contribution in [0.25, 0.3) is 0 Å². The highest BCUT2D eigenvalue weighted by Gasteiger charge is 2.13. The Hall–Kier alpha value is -0.800. The van der Waals surface area contributed by atoms with Crippen molar-refractivity contribution in [3.63, 3.8) is 0 Å². The molecular weight excluding hydrogens is 407 g/mol. The Morgan fingerprint density at radius 2 is 2.17 bits per heavy atom. The van der Waals surface area contributed by atoms with E-state index in [-0.39, 0.29) is 24.0 Å². The second kappa shape index (κ2) is 11.7. The summed E-state index contributed by atoms with van der Waals surface area (Å²) in [7, 11) is 3.81. The maximum Gasteiger partial charge on any atom is 0.191 e. The van der Waals surface area contributed by atoms with Crippen molar-refractivity contribution in [2.75, 3.05) is 33.4 Å². The molecule has 2 N–H and O–H groups in total. The lowest BCUT2D eigenvalue weighted by Crippen LogP contribution is -2.37. The van der Waals surface area contributed by atoms with Crippen molar-refractivity contribution in [1.29, 1.82) is 0 Å². The quantitative estimate of drug-likeness (QED) is 0.297. The maximum atomic E-state index is 5.85. The fourth-order valence-corrected chi connectivity index (χ4v) is 2.44. The van der Waals surface area contributed by atoms with Gasteiger partial charge in [0.2, 0.25) is 0 Å². The van der Waals surface area contributed by atoms with Gasteiger partial charge >= 0.3 is 0 Å². The number of nitrogens with one attached hydrogen (secondary N) is 2. The van der Waals surface area contributed by atoms with E-state index in [1.54, 1.807) is 7.05 Å². The van der Waals surface area contributed by atoms with Gasteiger partial charge in [0.25, 0.3) is 0 Å². The van der Waals surface area contributed by atoms with E-state index in [2.05, 4.69) is 27.9 Å². The van der Waals surface area contributed by atoms with Gasteiger partial charge in [-0.2, -0.15) is 0 Å². The number of guanidine groups is 1. The number of nitrogens with zero attached hydrogens (tertiary/aromatic N) is 2. The smallest absolute Gasteiger partial charge is 0.191 e. The van der Waals surface area contributed by atoms with Crippen molar-refractivity contribution >= 4 is 29.9 Å². The maximum absolute atomic E-state index is 5.85. The van der Waals surface area contributed by atoms with E-state index in [0.29, 0.717) is 6.10 Å². The zero-order valence-electron chi connectivity index (χ0n) is 14.1. The van der Waals surface area contributed by atoms with Crippen LogP contribution in [0, 0.1) is 0 Å². The van der Waals surface area contributed by atoms with Crippen LogP contribution in [-0.4, -0.2) is 50.0 Å². The highest BCUT2D eigenvalue weighted by atomic mass is 127. The Bertz CT molecular complexity index is 459. The molecule has 0 aromatic carbocycles. The molecule has 1 aromatic heterocycles. The fraction of sp³-hybridized carbons (Fsp3) is 0.688. The minimum Gasteiger partial charge on any atom is -0.381 e. The van der Waals surface area contributed by atoms with Crippen molar-refractivity contribution in [2.45, 2.75) is 31.9 Å². The number of aliphatic imine (C=N–C) groups is 1. The van der Waals surface area contributed by atoms with Crippen molar-refractivity contribution in [2.24, 2.45) is 12.0 Å². The van der Waals surface area contributed by atoms with Gasteiger partial charge in [0.1, 0.15) is 0 Å². The predicted octanol–water partition coefficient (Wildman–Crippen LogP) is 1.89. The van der Waals surface area contributed by atoms with E-state index in [1.807, 2.05) is 17.8 Å². The van der Waals surface area contributed by atoms with Crippen molar-refractivity contribution < 1.29 is 9.47 Å². The number of ether oxygens (including phenoxy) is 2. The number of rotatable bonds is 7. The third kappa shape index (κ3) is 8.03. The number of halogens is 1.